The summed E-state index contributed by atoms with van der Waals surface area (Å²) in [4.78, 5) is 0. The molecule has 0 aliphatic heterocycles. The Morgan fingerprint density at radius 2 is 2.18 bits per heavy atom. The minimum atomic E-state index is 0.0531. The molecule has 0 aromatic carbocycles. The van der Waals surface area contributed by atoms with Gasteiger partial charge in [-0.25, -0.2) is 0 Å². The Bertz CT molecular complexity index is 232. The third-order valence-corrected chi connectivity index (χ3v) is 1.40. The van der Waals surface area contributed by atoms with Gasteiger partial charge >= 0.3 is 0 Å². The second-order valence-corrected chi connectivity index (χ2v) is 2.48. The van der Waals surface area contributed by atoms with E-state index in [-0.39, 0.29) is 5.92 Å². The van der Waals surface area contributed by atoms with Crippen LogP contribution in [0.15, 0.2) is 24.5 Å². The lowest BCUT2D eigenvalue weighted by molar-refractivity contribution is 0.712. The van der Waals surface area contributed by atoms with Gasteiger partial charge in [0.05, 0.1) is 12.0 Å². The average molecular weight is 149 g/mol. The molecule has 3 nitrogen and oxygen atoms in total. The third kappa shape index (κ3) is 2.34. The highest BCUT2D eigenvalue weighted by atomic mass is 15.4. The molecule has 0 spiro atoms. The normalized spacial score (nSPS) is 12.0. The Morgan fingerprint density at radius 1 is 1.55 bits per heavy atom. The van der Waals surface area contributed by atoms with Crippen LogP contribution in [0.2, 0.25) is 0 Å². The Kier molecular flexibility index (Phi) is 2.56. The molecule has 0 saturated carbocycles. The van der Waals surface area contributed by atoms with Gasteiger partial charge in [-0.1, -0.05) is 0 Å². The summed E-state index contributed by atoms with van der Waals surface area (Å²) in [5.41, 5.74) is 3.07. The SMILES string of the molecule is CC(C#N)CNn1cccc1. The highest BCUT2D eigenvalue weighted by Crippen LogP contribution is 1.90. The van der Waals surface area contributed by atoms with Crippen LogP contribution in [-0.4, -0.2) is 11.2 Å². The molecule has 1 atom stereocenters. The van der Waals surface area contributed by atoms with Crippen molar-refractivity contribution >= 4 is 0 Å². The molecule has 0 saturated heterocycles. The molecule has 0 bridgehead atoms. The predicted octanol–water partition coefficient (Wildman–Crippen LogP) is 1.19. The van der Waals surface area contributed by atoms with Gasteiger partial charge < -0.3 is 5.43 Å². The maximum absolute atomic E-state index is 8.46. The monoisotopic (exact) mass is 149 g/mol. The van der Waals surface area contributed by atoms with E-state index in [1.54, 1.807) is 0 Å². The molecule has 1 rings (SSSR count). The summed E-state index contributed by atoms with van der Waals surface area (Å²) in [6.07, 6.45) is 3.81. The van der Waals surface area contributed by atoms with Crippen molar-refractivity contribution in [1.82, 2.24) is 4.68 Å². The van der Waals surface area contributed by atoms with Gasteiger partial charge in [-0.15, -0.1) is 0 Å². The van der Waals surface area contributed by atoms with Crippen molar-refractivity contribution in [3.05, 3.63) is 24.5 Å². The number of nitrogens with zero attached hydrogens (tertiary/aromatic N) is 2. The average Bonchev–Trinajstić information content (AvgIpc) is 2.52. The standard InChI is InChI=1S/C8H11N3/c1-8(6-9)7-10-11-4-2-3-5-11/h2-5,8,10H,7H2,1H3. The zero-order chi connectivity index (χ0) is 8.10. The summed E-state index contributed by atoms with van der Waals surface area (Å²) in [5.74, 6) is 0.0531. The fraction of sp³-hybridized carbons (Fsp3) is 0.375. The third-order valence-electron chi connectivity index (χ3n) is 1.40. The van der Waals surface area contributed by atoms with E-state index in [1.165, 1.54) is 0 Å². The molecule has 1 heterocycles. The van der Waals surface area contributed by atoms with Crippen LogP contribution in [-0.2, 0) is 0 Å². The molecule has 1 aromatic rings. The molecule has 58 valence electrons. The zero-order valence-corrected chi connectivity index (χ0v) is 6.49. The number of aromatic nitrogens is 1. The lowest BCUT2D eigenvalue weighted by Crippen LogP contribution is -2.18. The van der Waals surface area contributed by atoms with Crippen LogP contribution in [0.4, 0.5) is 0 Å². The zero-order valence-electron chi connectivity index (χ0n) is 6.49. The van der Waals surface area contributed by atoms with Crippen LogP contribution in [0.5, 0.6) is 0 Å². The van der Waals surface area contributed by atoms with Crippen molar-refractivity contribution in [2.24, 2.45) is 5.92 Å². The largest absolute Gasteiger partial charge is 0.325 e. The summed E-state index contributed by atoms with van der Waals surface area (Å²) < 4.78 is 1.84. The van der Waals surface area contributed by atoms with Crippen molar-refractivity contribution in [1.29, 1.82) is 5.26 Å². The molecule has 1 aromatic heterocycles. The van der Waals surface area contributed by atoms with Crippen molar-refractivity contribution in [2.75, 3.05) is 12.0 Å². The van der Waals surface area contributed by atoms with E-state index < -0.39 is 0 Å². The maximum Gasteiger partial charge on any atom is 0.0672 e. The van der Waals surface area contributed by atoms with Crippen molar-refractivity contribution in [3.63, 3.8) is 0 Å². The molecule has 1 N–H and O–H groups in total. The molecule has 0 amide bonds. The summed E-state index contributed by atoms with van der Waals surface area (Å²) in [5, 5.41) is 8.46. The fourth-order valence-corrected chi connectivity index (χ4v) is 0.728. The molecule has 1 unspecified atom stereocenters. The van der Waals surface area contributed by atoms with Crippen LogP contribution in [0.1, 0.15) is 6.92 Å². The van der Waals surface area contributed by atoms with Gasteiger partial charge in [0.1, 0.15) is 0 Å². The van der Waals surface area contributed by atoms with Crippen LogP contribution in [0.3, 0.4) is 0 Å². The topological polar surface area (TPSA) is 40.8 Å². The molecular weight excluding hydrogens is 138 g/mol. The minimum absolute atomic E-state index is 0.0531. The second kappa shape index (κ2) is 3.67. The van der Waals surface area contributed by atoms with E-state index in [2.05, 4.69) is 11.5 Å². The molecule has 0 aliphatic rings. The van der Waals surface area contributed by atoms with Gasteiger partial charge in [-0.2, -0.15) is 5.26 Å². The number of hydrogen-bond donors (Lipinski definition) is 1. The summed E-state index contributed by atoms with van der Waals surface area (Å²) in [6, 6.07) is 6.02. The Labute approximate surface area is 66.2 Å². The first kappa shape index (κ1) is 7.67. The molecule has 0 fully saturated rings. The second-order valence-electron chi connectivity index (χ2n) is 2.48. The van der Waals surface area contributed by atoms with Gasteiger partial charge in [0, 0.05) is 18.9 Å². The van der Waals surface area contributed by atoms with Crippen molar-refractivity contribution < 1.29 is 0 Å². The molecule has 11 heavy (non-hydrogen) atoms. The van der Waals surface area contributed by atoms with Crippen LogP contribution < -0.4 is 5.43 Å². The van der Waals surface area contributed by atoms with Gasteiger partial charge in [-0.05, 0) is 19.1 Å². The lowest BCUT2D eigenvalue weighted by Gasteiger charge is -2.07. The maximum atomic E-state index is 8.46. The van der Waals surface area contributed by atoms with Crippen LogP contribution in [0.25, 0.3) is 0 Å². The summed E-state index contributed by atoms with van der Waals surface area (Å²) in [7, 11) is 0. The van der Waals surface area contributed by atoms with E-state index in [1.807, 2.05) is 36.1 Å². The van der Waals surface area contributed by atoms with E-state index in [4.69, 9.17) is 5.26 Å². The van der Waals surface area contributed by atoms with Gasteiger partial charge in [0.2, 0.25) is 0 Å². The quantitative estimate of drug-likeness (QED) is 0.701. The van der Waals surface area contributed by atoms with E-state index >= 15 is 0 Å². The first-order valence-electron chi connectivity index (χ1n) is 3.59. The Morgan fingerprint density at radius 3 is 2.73 bits per heavy atom. The molecule has 3 heteroatoms. The fourth-order valence-electron chi connectivity index (χ4n) is 0.728. The highest BCUT2D eigenvalue weighted by molar-refractivity contribution is 4.94. The Hall–Kier alpha value is -1.43. The van der Waals surface area contributed by atoms with Crippen molar-refractivity contribution in [2.45, 2.75) is 6.92 Å². The van der Waals surface area contributed by atoms with E-state index in [9.17, 15) is 0 Å². The first-order chi connectivity index (χ1) is 5.33. The Balaban J connectivity index is 2.30. The molecule has 0 radical (unpaired) electrons. The summed E-state index contributed by atoms with van der Waals surface area (Å²) >= 11 is 0. The van der Waals surface area contributed by atoms with Gasteiger partial charge in [-0.3, -0.25) is 4.68 Å². The van der Waals surface area contributed by atoms with Crippen LogP contribution >= 0.6 is 0 Å². The minimum Gasteiger partial charge on any atom is -0.325 e. The molecule has 0 aliphatic carbocycles. The number of rotatable bonds is 3. The van der Waals surface area contributed by atoms with E-state index in [0.717, 1.165) is 0 Å². The number of nitriles is 1. The van der Waals surface area contributed by atoms with Gasteiger partial charge in [0.25, 0.3) is 0 Å². The van der Waals surface area contributed by atoms with E-state index in [0.29, 0.717) is 6.54 Å². The lowest BCUT2D eigenvalue weighted by atomic mass is 10.2. The highest BCUT2D eigenvalue weighted by Gasteiger charge is 1.96. The molecular formula is C8H11N3. The first-order valence-corrected chi connectivity index (χ1v) is 3.59. The van der Waals surface area contributed by atoms with Crippen molar-refractivity contribution in [3.8, 4) is 6.07 Å². The predicted molar refractivity (Wildman–Crippen MR) is 43.4 cm³/mol. The number of hydrogen-bond acceptors (Lipinski definition) is 2. The summed E-state index contributed by atoms with van der Waals surface area (Å²) in [6.45, 7) is 2.57. The number of nitrogens with one attached hydrogen (secondary N) is 1. The van der Waals surface area contributed by atoms with Gasteiger partial charge in [0.15, 0.2) is 0 Å². The smallest absolute Gasteiger partial charge is 0.0672 e. The van der Waals surface area contributed by atoms with Crippen LogP contribution in [0, 0.1) is 17.2 Å².